The lowest BCUT2D eigenvalue weighted by molar-refractivity contribution is 0.397. The van der Waals surface area contributed by atoms with E-state index in [2.05, 4.69) is 30.4 Å². The maximum atomic E-state index is 5.96. The van der Waals surface area contributed by atoms with E-state index in [0.29, 0.717) is 35.7 Å². The average Bonchev–Trinajstić information content (AvgIpc) is 3.31. The van der Waals surface area contributed by atoms with Crippen molar-refractivity contribution in [1.29, 1.82) is 0 Å². The van der Waals surface area contributed by atoms with Crippen molar-refractivity contribution in [2.24, 2.45) is 0 Å². The summed E-state index contributed by atoms with van der Waals surface area (Å²) >= 11 is 0. The Balaban J connectivity index is 1.50. The van der Waals surface area contributed by atoms with E-state index < -0.39 is 0 Å². The topological polar surface area (TPSA) is 129 Å². The van der Waals surface area contributed by atoms with Crippen LogP contribution in [0.25, 0.3) is 17.4 Å². The van der Waals surface area contributed by atoms with Crippen LogP contribution in [-0.4, -0.2) is 43.2 Å². The minimum Gasteiger partial charge on any atom is -0.481 e. The zero-order chi connectivity index (χ0) is 17.9. The number of nitrogens with one attached hydrogen (secondary N) is 1. The highest BCUT2D eigenvalue weighted by Gasteiger charge is 2.13. The SMILES string of the molecule is COc1cc(CCNc2nc(N)n3nc(-c4ccco4)nc3n2)ccn1. The lowest BCUT2D eigenvalue weighted by Gasteiger charge is -2.06. The minimum atomic E-state index is 0.188. The first-order chi connectivity index (χ1) is 12.7. The molecule has 10 heteroatoms. The van der Waals surface area contributed by atoms with Gasteiger partial charge >= 0.3 is 0 Å². The Labute approximate surface area is 148 Å². The number of rotatable bonds is 6. The summed E-state index contributed by atoms with van der Waals surface area (Å²) in [7, 11) is 1.59. The Morgan fingerprint density at radius 2 is 2.19 bits per heavy atom. The van der Waals surface area contributed by atoms with E-state index in [9.17, 15) is 0 Å². The highest BCUT2D eigenvalue weighted by molar-refractivity contribution is 5.52. The smallest absolute Gasteiger partial charge is 0.259 e. The Hall–Kier alpha value is -3.69. The molecule has 10 nitrogen and oxygen atoms in total. The van der Waals surface area contributed by atoms with Crippen molar-refractivity contribution in [3.8, 4) is 17.5 Å². The fraction of sp³-hybridized carbons (Fsp3) is 0.188. The molecule has 0 fully saturated rings. The van der Waals surface area contributed by atoms with Crippen LogP contribution in [0.15, 0.2) is 41.1 Å². The standard InChI is InChI=1S/C16H16N8O2/c1-25-12-9-10(4-6-18-12)5-7-19-15-21-14(17)24-16(22-15)20-13(23-24)11-3-2-8-26-11/h2-4,6,8-9H,5,7H2,1H3,(H3,17,19,20,21,22,23). The van der Waals surface area contributed by atoms with Crippen LogP contribution in [0.4, 0.5) is 11.9 Å². The van der Waals surface area contributed by atoms with E-state index in [1.807, 2.05) is 12.1 Å². The number of anilines is 2. The van der Waals surface area contributed by atoms with Crippen LogP contribution in [0.1, 0.15) is 5.56 Å². The van der Waals surface area contributed by atoms with Gasteiger partial charge in [0.1, 0.15) is 0 Å². The van der Waals surface area contributed by atoms with Gasteiger partial charge in [-0.3, -0.25) is 0 Å². The summed E-state index contributed by atoms with van der Waals surface area (Å²) in [6.45, 7) is 0.613. The molecule has 0 amide bonds. The number of furan rings is 1. The number of methoxy groups -OCH3 is 1. The molecule has 0 saturated heterocycles. The summed E-state index contributed by atoms with van der Waals surface area (Å²) in [5.74, 6) is 2.44. The number of ether oxygens (including phenoxy) is 1. The van der Waals surface area contributed by atoms with Crippen molar-refractivity contribution >= 4 is 17.7 Å². The maximum absolute atomic E-state index is 5.96. The van der Waals surface area contributed by atoms with E-state index in [1.54, 1.807) is 31.7 Å². The molecule has 0 radical (unpaired) electrons. The molecule has 0 bridgehead atoms. The summed E-state index contributed by atoms with van der Waals surface area (Å²) < 4.78 is 11.8. The average molecular weight is 352 g/mol. The zero-order valence-electron chi connectivity index (χ0n) is 14.0. The predicted molar refractivity (Wildman–Crippen MR) is 93.7 cm³/mol. The third kappa shape index (κ3) is 3.11. The molecule has 0 saturated carbocycles. The van der Waals surface area contributed by atoms with Gasteiger partial charge in [-0.25, -0.2) is 4.98 Å². The quantitative estimate of drug-likeness (QED) is 0.529. The number of aromatic nitrogens is 6. The first-order valence-corrected chi connectivity index (χ1v) is 7.90. The van der Waals surface area contributed by atoms with E-state index in [0.717, 1.165) is 12.0 Å². The molecule has 4 rings (SSSR count). The van der Waals surface area contributed by atoms with Gasteiger partial charge in [0.05, 0.1) is 13.4 Å². The fourth-order valence-electron chi connectivity index (χ4n) is 2.43. The summed E-state index contributed by atoms with van der Waals surface area (Å²) in [6.07, 6.45) is 4.01. The van der Waals surface area contributed by atoms with Crippen LogP contribution in [0.5, 0.6) is 5.88 Å². The molecule has 4 heterocycles. The minimum absolute atomic E-state index is 0.188. The van der Waals surface area contributed by atoms with E-state index >= 15 is 0 Å². The number of nitrogens with zero attached hydrogens (tertiary/aromatic N) is 6. The second kappa shape index (κ2) is 6.67. The van der Waals surface area contributed by atoms with Gasteiger partial charge in [-0.15, -0.1) is 5.10 Å². The largest absolute Gasteiger partial charge is 0.481 e. The number of fused-ring (bicyclic) bond motifs is 1. The van der Waals surface area contributed by atoms with Crippen molar-refractivity contribution < 1.29 is 9.15 Å². The molecule has 0 spiro atoms. The van der Waals surface area contributed by atoms with Crippen molar-refractivity contribution in [3.05, 3.63) is 42.3 Å². The van der Waals surface area contributed by atoms with E-state index in [4.69, 9.17) is 14.9 Å². The third-order valence-electron chi connectivity index (χ3n) is 3.68. The normalized spacial score (nSPS) is 11.0. The van der Waals surface area contributed by atoms with Crippen LogP contribution >= 0.6 is 0 Å². The van der Waals surface area contributed by atoms with Gasteiger partial charge in [-0.05, 0) is 30.2 Å². The van der Waals surface area contributed by atoms with Crippen LogP contribution in [0.3, 0.4) is 0 Å². The zero-order valence-corrected chi connectivity index (χ0v) is 14.0. The summed E-state index contributed by atoms with van der Waals surface area (Å²) in [4.78, 5) is 17.0. The second-order valence-electron chi connectivity index (χ2n) is 5.41. The summed E-state index contributed by atoms with van der Waals surface area (Å²) in [6, 6.07) is 7.34. The summed E-state index contributed by atoms with van der Waals surface area (Å²) in [5, 5.41) is 7.40. The monoisotopic (exact) mass is 352 g/mol. The fourth-order valence-corrected chi connectivity index (χ4v) is 2.43. The van der Waals surface area contributed by atoms with Crippen molar-refractivity contribution in [2.75, 3.05) is 24.7 Å². The Morgan fingerprint density at radius 3 is 3.00 bits per heavy atom. The molecule has 132 valence electrons. The van der Waals surface area contributed by atoms with Crippen LogP contribution in [-0.2, 0) is 6.42 Å². The molecular weight excluding hydrogens is 336 g/mol. The molecule has 0 atom stereocenters. The molecule has 3 N–H and O–H groups in total. The lowest BCUT2D eigenvalue weighted by Crippen LogP contribution is -2.12. The Kier molecular flexibility index (Phi) is 4.06. The molecule has 0 aromatic carbocycles. The molecule has 26 heavy (non-hydrogen) atoms. The number of pyridine rings is 1. The van der Waals surface area contributed by atoms with Gasteiger partial charge in [0.25, 0.3) is 5.78 Å². The second-order valence-corrected chi connectivity index (χ2v) is 5.41. The predicted octanol–water partition coefficient (Wildman–Crippen LogP) is 1.42. The van der Waals surface area contributed by atoms with Gasteiger partial charge < -0.3 is 20.2 Å². The number of nitrogen functional groups attached to an aromatic ring is 1. The third-order valence-corrected chi connectivity index (χ3v) is 3.68. The Bertz CT molecular complexity index is 1030. The van der Waals surface area contributed by atoms with Crippen molar-refractivity contribution in [3.63, 3.8) is 0 Å². The van der Waals surface area contributed by atoms with E-state index in [1.165, 1.54) is 4.52 Å². The van der Waals surface area contributed by atoms with Gasteiger partial charge in [-0.2, -0.15) is 19.5 Å². The highest BCUT2D eigenvalue weighted by Crippen LogP contribution is 2.17. The summed E-state index contributed by atoms with van der Waals surface area (Å²) in [5.41, 5.74) is 7.04. The van der Waals surface area contributed by atoms with Crippen molar-refractivity contribution in [2.45, 2.75) is 6.42 Å². The molecular formula is C16H16N8O2. The number of hydrogen-bond donors (Lipinski definition) is 2. The van der Waals surface area contributed by atoms with Gasteiger partial charge in [0, 0.05) is 18.8 Å². The van der Waals surface area contributed by atoms with Gasteiger partial charge in [-0.1, -0.05) is 0 Å². The molecule has 4 aromatic heterocycles. The highest BCUT2D eigenvalue weighted by atomic mass is 16.5. The lowest BCUT2D eigenvalue weighted by atomic mass is 10.2. The van der Waals surface area contributed by atoms with E-state index in [-0.39, 0.29) is 5.95 Å². The van der Waals surface area contributed by atoms with Crippen LogP contribution in [0.2, 0.25) is 0 Å². The van der Waals surface area contributed by atoms with Crippen LogP contribution < -0.4 is 15.8 Å². The molecule has 0 unspecified atom stereocenters. The first kappa shape index (κ1) is 15.8. The molecule has 0 aliphatic heterocycles. The maximum Gasteiger partial charge on any atom is 0.259 e. The first-order valence-electron chi connectivity index (χ1n) is 7.90. The van der Waals surface area contributed by atoms with Crippen molar-refractivity contribution in [1.82, 2.24) is 29.5 Å². The Morgan fingerprint density at radius 1 is 1.27 bits per heavy atom. The van der Waals surface area contributed by atoms with Crippen LogP contribution in [0, 0.1) is 0 Å². The van der Waals surface area contributed by atoms with Gasteiger partial charge in [0.2, 0.25) is 23.6 Å². The number of nitrogens with two attached hydrogens (primary N) is 1. The molecule has 4 aromatic rings. The van der Waals surface area contributed by atoms with Gasteiger partial charge in [0.15, 0.2) is 5.76 Å². The molecule has 0 aliphatic rings. The molecule has 0 aliphatic carbocycles. The number of hydrogen-bond acceptors (Lipinski definition) is 9.